The van der Waals surface area contributed by atoms with Crippen LogP contribution in [-0.4, -0.2) is 13.1 Å². The van der Waals surface area contributed by atoms with Crippen LogP contribution in [0.1, 0.15) is 26.2 Å². The summed E-state index contributed by atoms with van der Waals surface area (Å²) in [7, 11) is 1.41. The Morgan fingerprint density at radius 1 is 1.55 bits per heavy atom. The molecule has 62 valence electrons. The summed E-state index contributed by atoms with van der Waals surface area (Å²) in [6.45, 7) is 2.00. The third-order valence-electron chi connectivity index (χ3n) is 2.30. The van der Waals surface area contributed by atoms with Crippen molar-refractivity contribution >= 4 is 5.97 Å². The van der Waals surface area contributed by atoms with Crippen LogP contribution in [-0.2, 0) is 9.53 Å². The van der Waals surface area contributed by atoms with E-state index in [-0.39, 0.29) is 5.97 Å². The number of carbonyl (C=O) groups is 1. The fourth-order valence-electron chi connectivity index (χ4n) is 1.23. The maximum absolute atomic E-state index is 10.8. The number of ether oxygens (including phenoxy) is 1. The van der Waals surface area contributed by atoms with Crippen LogP contribution in [0, 0.1) is 5.92 Å². The van der Waals surface area contributed by atoms with Crippen molar-refractivity contribution in [2.45, 2.75) is 26.2 Å². The molecule has 1 aliphatic rings. The first-order valence-corrected chi connectivity index (χ1v) is 4.00. The molecule has 0 unspecified atom stereocenters. The van der Waals surface area contributed by atoms with Crippen LogP contribution in [0.2, 0.25) is 0 Å². The number of carbonyl (C=O) groups excluding carboxylic acids is 1. The SMILES string of the molecule is COC(=O)/C=C(/C)C1CCC1. The van der Waals surface area contributed by atoms with Gasteiger partial charge in [-0.2, -0.15) is 0 Å². The van der Waals surface area contributed by atoms with Crippen molar-refractivity contribution in [2.24, 2.45) is 5.92 Å². The maximum atomic E-state index is 10.8. The summed E-state index contributed by atoms with van der Waals surface area (Å²) in [6, 6.07) is 0. The van der Waals surface area contributed by atoms with Crippen molar-refractivity contribution < 1.29 is 9.53 Å². The molecule has 2 nitrogen and oxygen atoms in total. The Hall–Kier alpha value is -0.790. The Morgan fingerprint density at radius 3 is 2.55 bits per heavy atom. The predicted octanol–water partition coefficient (Wildman–Crippen LogP) is 1.91. The summed E-state index contributed by atoms with van der Waals surface area (Å²) in [6.07, 6.45) is 5.37. The maximum Gasteiger partial charge on any atom is 0.330 e. The smallest absolute Gasteiger partial charge is 0.330 e. The van der Waals surface area contributed by atoms with Gasteiger partial charge in [0.15, 0.2) is 0 Å². The van der Waals surface area contributed by atoms with Crippen molar-refractivity contribution in [1.29, 1.82) is 0 Å². The predicted molar refractivity (Wildman–Crippen MR) is 43.1 cm³/mol. The summed E-state index contributed by atoms with van der Waals surface area (Å²) in [5, 5.41) is 0. The van der Waals surface area contributed by atoms with Gasteiger partial charge in [0.05, 0.1) is 7.11 Å². The highest BCUT2D eigenvalue weighted by Crippen LogP contribution is 2.32. The van der Waals surface area contributed by atoms with E-state index >= 15 is 0 Å². The standard InChI is InChI=1S/C9H14O2/c1-7(6-9(10)11-2)8-4-3-5-8/h6,8H,3-5H2,1-2H3/b7-6-. The Bertz CT molecular complexity index is 178. The van der Waals surface area contributed by atoms with Crippen molar-refractivity contribution in [3.63, 3.8) is 0 Å². The lowest BCUT2D eigenvalue weighted by Crippen LogP contribution is -2.13. The van der Waals surface area contributed by atoms with Crippen molar-refractivity contribution in [2.75, 3.05) is 7.11 Å². The third-order valence-corrected chi connectivity index (χ3v) is 2.30. The quantitative estimate of drug-likeness (QED) is 0.448. The minimum absolute atomic E-state index is 0.227. The van der Waals surface area contributed by atoms with Crippen molar-refractivity contribution in [3.8, 4) is 0 Å². The number of methoxy groups -OCH3 is 1. The highest BCUT2D eigenvalue weighted by molar-refractivity contribution is 5.82. The van der Waals surface area contributed by atoms with E-state index < -0.39 is 0 Å². The minimum atomic E-state index is -0.227. The van der Waals surface area contributed by atoms with Gasteiger partial charge in [0.1, 0.15) is 0 Å². The van der Waals surface area contributed by atoms with Gasteiger partial charge in [-0.05, 0) is 25.7 Å². The van der Waals surface area contributed by atoms with E-state index in [0.29, 0.717) is 5.92 Å². The number of esters is 1. The molecule has 0 aliphatic heterocycles. The molecule has 0 aromatic heterocycles. The molecule has 0 saturated heterocycles. The molecule has 0 heterocycles. The molecular formula is C9H14O2. The van der Waals surface area contributed by atoms with Crippen LogP contribution in [0.25, 0.3) is 0 Å². The number of hydrogen-bond donors (Lipinski definition) is 0. The van der Waals surface area contributed by atoms with Crippen molar-refractivity contribution in [3.05, 3.63) is 11.6 Å². The molecule has 0 bridgehead atoms. The topological polar surface area (TPSA) is 26.3 Å². The van der Waals surface area contributed by atoms with Gasteiger partial charge in [-0.3, -0.25) is 0 Å². The van der Waals surface area contributed by atoms with E-state index in [0.717, 1.165) is 0 Å². The van der Waals surface area contributed by atoms with E-state index in [1.54, 1.807) is 6.08 Å². The second kappa shape index (κ2) is 3.56. The van der Waals surface area contributed by atoms with Gasteiger partial charge in [0.2, 0.25) is 0 Å². The summed E-state index contributed by atoms with van der Waals surface area (Å²) >= 11 is 0. The van der Waals surface area contributed by atoms with Crippen LogP contribution in [0.5, 0.6) is 0 Å². The molecular weight excluding hydrogens is 140 g/mol. The molecule has 1 saturated carbocycles. The zero-order valence-corrected chi connectivity index (χ0v) is 7.09. The highest BCUT2D eigenvalue weighted by atomic mass is 16.5. The van der Waals surface area contributed by atoms with Crippen LogP contribution in [0.4, 0.5) is 0 Å². The van der Waals surface area contributed by atoms with Crippen LogP contribution in [0.3, 0.4) is 0 Å². The first-order chi connectivity index (χ1) is 5.24. The van der Waals surface area contributed by atoms with Gasteiger partial charge in [-0.1, -0.05) is 12.0 Å². The van der Waals surface area contributed by atoms with E-state index in [1.165, 1.54) is 31.9 Å². The molecule has 0 N–H and O–H groups in total. The lowest BCUT2D eigenvalue weighted by molar-refractivity contribution is -0.134. The highest BCUT2D eigenvalue weighted by Gasteiger charge is 2.19. The normalized spacial score (nSPS) is 19.3. The zero-order chi connectivity index (χ0) is 8.27. The molecule has 0 aromatic rings. The average molecular weight is 154 g/mol. The van der Waals surface area contributed by atoms with Crippen LogP contribution in [0.15, 0.2) is 11.6 Å². The second-order valence-corrected chi connectivity index (χ2v) is 3.04. The van der Waals surface area contributed by atoms with Crippen molar-refractivity contribution in [1.82, 2.24) is 0 Å². The molecule has 0 atom stereocenters. The number of rotatable bonds is 2. The van der Waals surface area contributed by atoms with Gasteiger partial charge >= 0.3 is 5.97 Å². The van der Waals surface area contributed by atoms with E-state index in [1.807, 2.05) is 6.92 Å². The van der Waals surface area contributed by atoms with Crippen LogP contribution < -0.4 is 0 Å². The molecule has 0 aromatic carbocycles. The summed E-state index contributed by atoms with van der Waals surface area (Å²) in [5.41, 5.74) is 1.17. The molecule has 11 heavy (non-hydrogen) atoms. The lowest BCUT2D eigenvalue weighted by atomic mass is 9.80. The monoisotopic (exact) mass is 154 g/mol. The van der Waals surface area contributed by atoms with E-state index in [4.69, 9.17) is 0 Å². The average Bonchev–Trinajstić information content (AvgIpc) is 1.83. The van der Waals surface area contributed by atoms with Gasteiger partial charge < -0.3 is 4.74 Å². The van der Waals surface area contributed by atoms with E-state index in [2.05, 4.69) is 4.74 Å². The Kier molecular flexibility index (Phi) is 2.69. The van der Waals surface area contributed by atoms with Gasteiger partial charge in [0, 0.05) is 6.08 Å². The lowest BCUT2D eigenvalue weighted by Gasteiger charge is -2.25. The molecule has 1 rings (SSSR count). The largest absolute Gasteiger partial charge is 0.466 e. The molecule has 1 fully saturated rings. The molecule has 0 spiro atoms. The zero-order valence-electron chi connectivity index (χ0n) is 7.09. The van der Waals surface area contributed by atoms with Gasteiger partial charge in [-0.25, -0.2) is 4.79 Å². The van der Waals surface area contributed by atoms with E-state index in [9.17, 15) is 4.79 Å². The third kappa shape index (κ3) is 2.07. The van der Waals surface area contributed by atoms with Gasteiger partial charge in [0.25, 0.3) is 0 Å². The molecule has 2 heteroatoms. The fraction of sp³-hybridized carbons (Fsp3) is 0.667. The summed E-state index contributed by atoms with van der Waals surface area (Å²) in [4.78, 5) is 10.8. The summed E-state index contributed by atoms with van der Waals surface area (Å²) < 4.78 is 4.52. The first-order valence-electron chi connectivity index (χ1n) is 4.00. The first kappa shape index (κ1) is 8.31. The fourth-order valence-corrected chi connectivity index (χ4v) is 1.23. The number of hydrogen-bond acceptors (Lipinski definition) is 2. The molecule has 0 radical (unpaired) electrons. The second-order valence-electron chi connectivity index (χ2n) is 3.04. The minimum Gasteiger partial charge on any atom is -0.466 e. The Labute approximate surface area is 67.2 Å². The summed E-state index contributed by atoms with van der Waals surface area (Å²) in [5.74, 6) is 0.420. The molecule has 1 aliphatic carbocycles. The Morgan fingerprint density at radius 2 is 2.18 bits per heavy atom. The Balaban J connectivity index is 2.43. The molecule has 0 amide bonds. The van der Waals surface area contributed by atoms with Gasteiger partial charge in [-0.15, -0.1) is 0 Å². The number of allylic oxidation sites excluding steroid dienone is 1. The van der Waals surface area contributed by atoms with Crippen LogP contribution >= 0.6 is 0 Å².